The lowest BCUT2D eigenvalue weighted by atomic mass is 9.87. The molecule has 6 nitrogen and oxygen atoms in total. The van der Waals surface area contributed by atoms with Gasteiger partial charge in [-0.05, 0) is 57.2 Å². The fraction of sp³-hybridized carbons (Fsp3) is 0.550. The van der Waals surface area contributed by atoms with Crippen molar-refractivity contribution < 1.29 is 18.8 Å². The van der Waals surface area contributed by atoms with E-state index in [4.69, 9.17) is 0 Å². The minimum absolute atomic E-state index is 0.0926. The van der Waals surface area contributed by atoms with Crippen LogP contribution in [0.25, 0.3) is 0 Å². The number of piperidine rings is 1. The summed E-state index contributed by atoms with van der Waals surface area (Å²) in [6.45, 7) is 5.49. The van der Waals surface area contributed by atoms with E-state index in [1.54, 1.807) is 11.8 Å². The average Bonchev–Trinajstić information content (AvgIpc) is 2.87. The smallest absolute Gasteiger partial charge is 0.325 e. The van der Waals surface area contributed by atoms with Gasteiger partial charge in [0, 0.05) is 12.1 Å². The Morgan fingerprint density at radius 1 is 1.19 bits per heavy atom. The van der Waals surface area contributed by atoms with Crippen LogP contribution in [0, 0.1) is 5.82 Å². The van der Waals surface area contributed by atoms with Gasteiger partial charge in [-0.15, -0.1) is 0 Å². The summed E-state index contributed by atoms with van der Waals surface area (Å²) in [7, 11) is 0. The SMILES string of the molecule is CC[C@]1(c2ccc(F)cc2)NC(=O)N(CC(=O)N2[C@H](C)CCC[C@H]2C)C1=O. The summed E-state index contributed by atoms with van der Waals surface area (Å²) in [4.78, 5) is 41.3. The lowest BCUT2D eigenvalue weighted by molar-refractivity contribution is -0.143. The van der Waals surface area contributed by atoms with E-state index >= 15 is 0 Å². The number of amides is 4. The number of urea groups is 1. The molecule has 2 fully saturated rings. The van der Waals surface area contributed by atoms with E-state index in [0.29, 0.717) is 12.0 Å². The minimum Gasteiger partial charge on any atom is -0.336 e. The number of carbonyl (C=O) groups is 3. The zero-order chi connectivity index (χ0) is 19.8. The number of halogens is 1. The van der Waals surface area contributed by atoms with Gasteiger partial charge in [-0.25, -0.2) is 9.18 Å². The van der Waals surface area contributed by atoms with Gasteiger partial charge in [0.05, 0.1) is 0 Å². The third-order valence-corrected chi connectivity index (χ3v) is 5.82. The van der Waals surface area contributed by atoms with E-state index in [1.807, 2.05) is 13.8 Å². The van der Waals surface area contributed by atoms with Crippen LogP contribution in [0.2, 0.25) is 0 Å². The molecular weight excluding hydrogens is 349 g/mol. The van der Waals surface area contributed by atoms with Crippen LogP contribution < -0.4 is 5.32 Å². The van der Waals surface area contributed by atoms with Crippen molar-refractivity contribution >= 4 is 17.8 Å². The summed E-state index contributed by atoms with van der Waals surface area (Å²) >= 11 is 0. The third kappa shape index (κ3) is 3.31. The molecule has 27 heavy (non-hydrogen) atoms. The summed E-state index contributed by atoms with van der Waals surface area (Å²) in [5.74, 6) is -1.10. The van der Waals surface area contributed by atoms with Crippen LogP contribution in [-0.2, 0) is 15.1 Å². The first-order valence-corrected chi connectivity index (χ1v) is 9.51. The number of nitrogens with one attached hydrogen (secondary N) is 1. The van der Waals surface area contributed by atoms with Crippen LogP contribution in [0.1, 0.15) is 52.0 Å². The minimum atomic E-state index is -1.26. The number of hydrogen-bond acceptors (Lipinski definition) is 3. The zero-order valence-electron chi connectivity index (χ0n) is 16.0. The Balaban J connectivity index is 1.83. The van der Waals surface area contributed by atoms with Crippen LogP contribution in [0.4, 0.5) is 9.18 Å². The quantitative estimate of drug-likeness (QED) is 0.823. The first-order valence-electron chi connectivity index (χ1n) is 9.51. The molecule has 2 aliphatic rings. The van der Waals surface area contributed by atoms with Gasteiger partial charge in [0.25, 0.3) is 5.91 Å². The molecule has 0 aliphatic carbocycles. The maximum Gasteiger partial charge on any atom is 0.325 e. The Morgan fingerprint density at radius 2 is 1.78 bits per heavy atom. The van der Waals surface area contributed by atoms with Gasteiger partial charge in [0.15, 0.2) is 0 Å². The Labute approximate surface area is 158 Å². The third-order valence-electron chi connectivity index (χ3n) is 5.82. The molecule has 0 spiro atoms. The molecule has 1 aromatic rings. The summed E-state index contributed by atoms with van der Waals surface area (Å²) in [5.41, 5.74) is -0.746. The normalized spacial score (nSPS) is 28.4. The molecule has 1 aromatic carbocycles. The molecule has 0 aromatic heterocycles. The van der Waals surface area contributed by atoms with Crippen LogP contribution in [-0.4, -0.2) is 46.3 Å². The van der Waals surface area contributed by atoms with Crippen LogP contribution in [0.5, 0.6) is 0 Å². The molecule has 0 saturated carbocycles. The van der Waals surface area contributed by atoms with Crippen LogP contribution >= 0.6 is 0 Å². The van der Waals surface area contributed by atoms with Gasteiger partial charge < -0.3 is 10.2 Å². The molecule has 2 saturated heterocycles. The highest BCUT2D eigenvalue weighted by molar-refractivity contribution is 6.09. The molecule has 1 N–H and O–H groups in total. The fourth-order valence-corrected chi connectivity index (χ4v) is 4.27. The summed E-state index contributed by atoms with van der Waals surface area (Å²) in [6, 6.07) is 5.12. The Hall–Kier alpha value is -2.44. The van der Waals surface area contributed by atoms with Crippen molar-refractivity contribution in [3.63, 3.8) is 0 Å². The van der Waals surface area contributed by atoms with Crippen molar-refractivity contribution in [2.45, 2.75) is 64.1 Å². The van der Waals surface area contributed by atoms with Crippen LogP contribution in [0.15, 0.2) is 24.3 Å². The largest absolute Gasteiger partial charge is 0.336 e. The average molecular weight is 375 g/mol. The Morgan fingerprint density at radius 3 is 2.33 bits per heavy atom. The van der Waals surface area contributed by atoms with Crippen molar-refractivity contribution in [3.05, 3.63) is 35.6 Å². The van der Waals surface area contributed by atoms with Gasteiger partial charge in [-0.3, -0.25) is 14.5 Å². The standard InChI is InChI=1S/C20H26FN3O3/c1-4-20(15-8-10-16(21)11-9-15)18(26)23(19(27)22-20)12-17(25)24-13(2)6-5-7-14(24)3/h8-11,13-14H,4-7,12H2,1-3H3,(H,22,27)/t13-,14-,20-/m1/s1. The second-order valence-corrected chi connectivity index (χ2v) is 7.52. The number of rotatable bonds is 4. The number of nitrogens with zero attached hydrogens (tertiary/aromatic N) is 2. The number of benzene rings is 1. The summed E-state index contributed by atoms with van der Waals surface area (Å²) in [6.07, 6.45) is 3.22. The predicted molar refractivity (Wildman–Crippen MR) is 98.2 cm³/mol. The molecule has 0 unspecified atom stereocenters. The fourth-order valence-electron chi connectivity index (χ4n) is 4.27. The topological polar surface area (TPSA) is 69.7 Å². The lowest BCUT2D eigenvalue weighted by Gasteiger charge is -2.39. The first-order chi connectivity index (χ1) is 12.8. The van der Waals surface area contributed by atoms with Gasteiger partial charge in [-0.2, -0.15) is 0 Å². The molecular formula is C20H26FN3O3. The Bertz CT molecular complexity index is 741. The van der Waals surface area contributed by atoms with E-state index in [1.165, 1.54) is 24.3 Å². The van der Waals surface area contributed by atoms with Crippen LogP contribution in [0.3, 0.4) is 0 Å². The van der Waals surface area contributed by atoms with E-state index in [0.717, 1.165) is 24.2 Å². The van der Waals surface area contributed by atoms with Crippen molar-refractivity contribution in [2.75, 3.05) is 6.54 Å². The van der Waals surface area contributed by atoms with Gasteiger partial charge >= 0.3 is 6.03 Å². The molecule has 2 aliphatic heterocycles. The number of likely N-dealkylation sites (tertiary alicyclic amines) is 1. The van der Waals surface area contributed by atoms with E-state index in [2.05, 4.69) is 5.32 Å². The van der Waals surface area contributed by atoms with E-state index in [-0.39, 0.29) is 24.5 Å². The second-order valence-electron chi connectivity index (χ2n) is 7.52. The molecule has 0 bridgehead atoms. The highest BCUT2D eigenvalue weighted by atomic mass is 19.1. The monoisotopic (exact) mass is 375 g/mol. The highest BCUT2D eigenvalue weighted by Crippen LogP contribution is 2.33. The van der Waals surface area contributed by atoms with Gasteiger partial charge in [0.2, 0.25) is 5.91 Å². The number of hydrogen-bond donors (Lipinski definition) is 1. The maximum atomic E-state index is 13.3. The van der Waals surface area contributed by atoms with Crippen molar-refractivity contribution in [1.29, 1.82) is 0 Å². The van der Waals surface area contributed by atoms with Gasteiger partial charge in [0.1, 0.15) is 17.9 Å². The van der Waals surface area contributed by atoms with Gasteiger partial charge in [-0.1, -0.05) is 19.1 Å². The molecule has 7 heteroatoms. The van der Waals surface area contributed by atoms with E-state index in [9.17, 15) is 18.8 Å². The molecule has 3 rings (SSSR count). The zero-order valence-corrected chi connectivity index (χ0v) is 16.0. The molecule has 3 atom stereocenters. The number of imide groups is 1. The summed E-state index contributed by atoms with van der Waals surface area (Å²) in [5, 5.41) is 2.73. The number of carbonyl (C=O) groups excluding carboxylic acids is 3. The van der Waals surface area contributed by atoms with Crippen molar-refractivity contribution in [1.82, 2.24) is 15.1 Å². The molecule has 4 amide bonds. The Kier molecular flexibility index (Phi) is 5.22. The second kappa shape index (κ2) is 7.29. The first kappa shape index (κ1) is 19.3. The van der Waals surface area contributed by atoms with E-state index < -0.39 is 23.3 Å². The highest BCUT2D eigenvalue weighted by Gasteiger charge is 2.52. The molecule has 0 radical (unpaired) electrons. The molecule has 146 valence electrons. The summed E-state index contributed by atoms with van der Waals surface area (Å²) < 4.78 is 13.3. The molecule has 2 heterocycles. The predicted octanol–water partition coefficient (Wildman–Crippen LogP) is 2.77. The van der Waals surface area contributed by atoms with Crippen molar-refractivity contribution in [3.8, 4) is 0 Å². The van der Waals surface area contributed by atoms with Crippen molar-refractivity contribution in [2.24, 2.45) is 0 Å². The lowest BCUT2D eigenvalue weighted by Crippen LogP contribution is -2.52. The maximum absolute atomic E-state index is 13.3.